The molecule has 0 unspecified atom stereocenters. The van der Waals surface area contributed by atoms with E-state index >= 15 is 0 Å². The lowest BCUT2D eigenvalue weighted by Gasteiger charge is -2.21. The first kappa shape index (κ1) is 14.1. The molecule has 0 aliphatic heterocycles. The minimum atomic E-state index is 1.15. The molecular weight excluding hydrogens is 230 g/mol. The van der Waals surface area contributed by atoms with Crippen LogP contribution in [0.1, 0.15) is 32.3 Å². The highest BCUT2D eigenvalue weighted by molar-refractivity contribution is 5.85. The molecule has 0 heterocycles. The van der Waals surface area contributed by atoms with Gasteiger partial charge >= 0.3 is 0 Å². The first-order valence-corrected chi connectivity index (χ1v) is 7.54. The van der Waals surface area contributed by atoms with E-state index in [1.54, 1.807) is 0 Å². The average molecular weight is 255 g/mol. The lowest BCUT2D eigenvalue weighted by Crippen LogP contribution is -2.27. The molecule has 2 rings (SSSR count). The Morgan fingerprint density at radius 2 is 1.47 bits per heavy atom. The average Bonchev–Trinajstić information content (AvgIpc) is 2.45. The molecule has 0 aromatic heterocycles. The quantitative estimate of drug-likeness (QED) is 0.704. The van der Waals surface area contributed by atoms with Crippen molar-refractivity contribution in [3.8, 4) is 0 Å². The van der Waals surface area contributed by atoms with Gasteiger partial charge in [-0.15, -0.1) is 0 Å². The van der Waals surface area contributed by atoms with E-state index in [0.717, 1.165) is 6.42 Å². The van der Waals surface area contributed by atoms with E-state index in [0.29, 0.717) is 0 Å². The van der Waals surface area contributed by atoms with Crippen molar-refractivity contribution in [2.75, 3.05) is 19.6 Å². The van der Waals surface area contributed by atoms with Crippen molar-refractivity contribution in [2.24, 2.45) is 0 Å². The van der Waals surface area contributed by atoms with Crippen LogP contribution in [0.25, 0.3) is 10.8 Å². The molecule has 0 saturated heterocycles. The second kappa shape index (κ2) is 7.30. The van der Waals surface area contributed by atoms with Crippen molar-refractivity contribution in [3.05, 3.63) is 48.0 Å². The van der Waals surface area contributed by atoms with E-state index in [1.807, 2.05) is 0 Å². The Hall–Kier alpha value is -1.34. The van der Waals surface area contributed by atoms with Crippen LogP contribution in [0.5, 0.6) is 0 Å². The Labute approximate surface area is 117 Å². The molecule has 0 radical (unpaired) electrons. The summed E-state index contributed by atoms with van der Waals surface area (Å²) < 4.78 is 0. The van der Waals surface area contributed by atoms with E-state index in [4.69, 9.17) is 0 Å². The van der Waals surface area contributed by atoms with Crippen LogP contribution in [-0.2, 0) is 6.42 Å². The smallest absolute Gasteiger partial charge is 0.00220 e. The van der Waals surface area contributed by atoms with Crippen LogP contribution in [0.2, 0.25) is 0 Å². The van der Waals surface area contributed by atoms with Gasteiger partial charge in [-0.25, -0.2) is 0 Å². The first-order valence-electron chi connectivity index (χ1n) is 7.54. The van der Waals surface area contributed by atoms with Crippen LogP contribution in [0.4, 0.5) is 0 Å². The highest BCUT2D eigenvalue weighted by atomic mass is 15.1. The second-order valence-electron chi connectivity index (χ2n) is 5.23. The van der Waals surface area contributed by atoms with Gasteiger partial charge in [-0.05, 0) is 48.7 Å². The monoisotopic (exact) mass is 255 g/mol. The summed E-state index contributed by atoms with van der Waals surface area (Å²) in [5.41, 5.74) is 1.48. The second-order valence-corrected chi connectivity index (χ2v) is 5.23. The van der Waals surface area contributed by atoms with Crippen molar-refractivity contribution >= 4 is 10.8 Å². The van der Waals surface area contributed by atoms with Crippen molar-refractivity contribution in [1.82, 2.24) is 4.90 Å². The van der Waals surface area contributed by atoms with Gasteiger partial charge in [0.25, 0.3) is 0 Å². The lowest BCUT2D eigenvalue weighted by atomic mass is 10.0. The molecule has 0 bridgehead atoms. The highest BCUT2D eigenvalue weighted by Gasteiger charge is 2.05. The number of rotatable bonds is 7. The van der Waals surface area contributed by atoms with Gasteiger partial charge in [0.1, 0.15) is 0 Å². The third kappa shape index (κ3) is 3.81. The molecule has 102 valence electrons. The number of hydrogen-bond acceptors (Lipinski definition) is 1. The van der Waals surface area contributed by atoms with Gasteiger partial charge in [0, 0.05) is 6.54 Å². The van der Waals surface area contributed by atoms with Crippen LogP contribution in [-0.4, -0.2) is 24.5 Å². The molecular formula is C18H25N. The normalized spacial score (nSPS) is 11.3. The van der Waals surface area contributed by atoms with Crippen molar-refractivity contribution < 1.29 is 0 Å². The fourth-order valence-electron chi connectivity index (χ4n) is 2.76. The molecule has 1 nitrogen and oxygen atoms in total. The van der Waals surface area contributed by atoms with Crippen molar-refractivity contribution in [2.45, 2.75) is 33.1 Å². The minimum Gasteiger partial charge on any atom is -0.303 e. The maximum atomic E-state index is 2.59. The van der Waals surface area contributed by atoms with E-state index in [2.05, 4.69) is 61.2 Å². The molecule has 0 atom stereocenters. The predicted molar refractivity (Wildman–Crippen MR) is 84.7 cm³/mol. The maximum Gasteiger partial charge on any atom is 0.00220 e. The van der Waals surface area contributed by atoms with Crippen LogP contribution < -0.4 is 0 Å². The highest BCUT2D eigenvalue weighted by Crippen LogP contribution is 2.19. The Morgan fingerprint density at radius 1 is 0.789 bits per heavy atom. The van der Waals surface area contributed by atoms with Gasteiger partial charge in [-0.1, -0.05) is 56.3 Å². The Kier molecular flexibility index (Phi) is 5.41. The standard InChI is InChI=1S/C18H25N/c1-3-13-19(14-4-2)15-12-17-10-7-9-16-8-5-6-11-18(16)17/h5-11H,3-4,12-15H2,1-2H3. The molecule has 19 heavy (non-hydrogen) atoms. The summed E-state index contributed by atoms with van der Waals surface area (Å²) in [6.07, 6.45) is 3.65. The summed E-state index contributed by atoms with van der Waals surface area (Å²) >= 11 is 0. The summed E-state index contributed by atoms with van der Waals surface area (Å²) in [6, 6.07) is 15.4. The summed E-state index contributed by atoms with van der Waals surface area (Å²) in [7, 11) is 0. The zero-order chi connectivity index (χ0) is 13.5. The van der Waals surface area contributed by atoms with Gasteiger partial charge in [0.05, 0.1) is 0 Å². The molecule has 0 saturated carbocycles. The number of fused-ring (bicyclic) bond motifs is 1. The zero-order valence-electron chi connectivity index (χ0n) is 12.2. The SMILES string of the molecule is CCCN(CCC)CCc1cccc2ccccc12. The van der Waals surface area contributed by atoms with Crippen molar-refractivity contribution in [1.29, 1.82) is 0 Å². The minimum absolute atomic E-state index is 1.15. The predicted octanol–water partition coefficient (Wildman–Crippen LogP) is 4.50. The third-order valence-electron chi connectivity index (χ3n) is 3.66. The topological polar surface area (TPSA) is 3.24 Å². The van der Waals surface area contributed by atoms with E-state index in [1.165, 1.54) is 48.8 Å². The van der Waals surface area contributed by atoms with Crippen LogP contribution in [0.15, 0.2) is 42.5 Å². The van der Waals surface area contributed by atoms with E-state index in [-0.39, 0.29) is 0 Å². The lowest BCUT2D eigenvalue weighted by molar-refractivity contribution is 0.278. The van der Waals surface area contributed by atoms with E-state index < -0.39 is 0 Å². The Bertz CT molecular complexity index is 493. The molecule has 0 spiro atoms. The molecule has 0 aliphatic rings. The summed E-state index contributed by atoms with van der Waals surface area (Å²) in [4.78, 5) is 2.59. The largest absolute Gasteiger partial charge is 0.303 e. The van der Waals surface area contributed by atoms with E-state index in [9.17, 15) is 0 Å². The maximum absolute atomic E-state index is 2.59. The molecule has 2 aromatic carbocycles. The van der Waals surface area contributed by atoms with Crippen molar-refractivity contribution in [3.63, 3.8) is 0 Å². The Morgan fingerprint density at radius 3 is 2.21 bits per heavy atom. The third-order valence-corrected chi connectivity index (χ3v) is 3.66. The first-order chi connectivity index (χ1) is 9.35. The summed E-state index contributed by atoms with van der Waals surface area (Å²) in [5.74, 6) is 0. The molecule has 0 fully saturated rings. The fraction of sp³-hybridized carbons (Fsp3) is 0.444. The molecule has 2 aromatic rings. The van der Waals surface area contributed by atoms with Gasteiger partial charge in [-0.3, -0.25) is 0 Å². The zero-order valence-corrected chi connectivity index (χ0v) is 12.2. The number of benzene rings is 2. The molecule has 1 heteroatoms. The number of hydrogen-bond donors (Lipinski definition) is 0. The fourth-order valence-corrected chi connectivity index (χ4v) is 2.76. The van der Waals surface area contributed by atoms with Gasteiger partial charge in [0.15, 0.2) is 0 Å². The van der Waals surface area contributed by atoms with Gasteiger partial charge < -0.3 is 4.90 Å². The molecule has 0 N–H and O–H groups in total. The summed E-state index contributed by atoms with van der Waals surface area (Å²) in [5, 5.41) is 2.77. The molecule has 0 amide bonds. The van der Waals surface area contributed by atoms with Gasteiger partial charge in [-0.2, -0.15) is 0 Å². The summed E-state index contributed by atoms with van der Waals surface area (Å²) in [6.45, 7) is 8.15. The van der Waals surface area contributed by atoms with Gasteiger partial charge in [0.2, 0.25) is 0 Å². The Balaban J connectivity index is 2.08. The van der Waals surface area contributed by atoms with Crippen LogP contribution in [0, 0.1) is 0 Å². The van der Waals surface area contributed by atoms with Crippen LogP contribution >= 0.6 is 0 Å². The van der Waals surface area contributed by atoms with Crippen LogP contribution in [0.3, 0.4) is 0 Å². The molecule has 0 aliphatic carbocycles. The number of nitrogens with zero attached hydrogens (tertiary/aromatic N) is 1.